The number of aromatic nitrogens is 3. The summed E-state index contributed by atoms with van der Waals surface area (Å²) in [6.45, 7) is 6.13. The van der Waals surface area contributed by atoms with Crippen LogP contribution in [-0.4, -0.2) is 71.4 Å². The highest BCUT2D eigenvalue weighted by atomic mass is 35.5. The summed E-state index contributed by atoms with van der Waals surface area (Å²) in [5, 5.41) is 0.643. The van der Waals surface area contributed by atoms with E-state index in [1.165, 1.54) is 5.69 Å². The number of rotatable bonds is 7. The predicted molar refractivity (Wildman–Crippen MR) is 152 cm³/mol. The van der Waals surface area contributed by atoms with Crippen LogP contribution < -0.4 is 9.80 Å². The summed E-state index contributed by atoms with van der Waals surface area (Å²) in [4.78, 5) is 16.7. The summed E-state index contributed by atoms with van der Waals surface area (Å²) in [5.74, 6) is 0.783. The van der Waals surface area contributed by atoms with Gasteiger partial charge in [0.1, 0.15) is 5.69 Å². The maximum Gasteiger partial charge on any atom is 0.171 e. The van der Waals surface area contributed by atoms with Crippen molar-refractivity contribution in [2.75, 3.05) is 62.4 Å². The maximum atomic E-state index is 6.92. The summed E-state index contributed by atoms with van der Waals surface area (Å²) in [6.07, 6.45) is 3.87. The van der Waals surface area contributed by atoms with E-state index < -0.39 is 0 Å². The summed E-state index contributed by atoms with van der Waals surface area (Å²) >= 11 is 8.52. The molecule has 6 nitrogen and oxygen atoms in total. The lowest BCUT2D eigenvalue weighted by Gasteiger charge is -2.37. The molecule has 0 aliphatic carbocycles. The van der Waals surface area contributed by atoms with Crippen molar-refractivity contribution in [2.24, 2.45) is 0 Å². The number of nitrogens with zero attached hydrogens (tertiary/aromatic N) is 6. The molecule has 1 aliphatic rings. The highest BCUT2D eigenvalue weighted by Gasteiger charge is 2.21. The zero-order chi connectivity index (χ0) is 23.5. The second-order valence-corrected chi connectivity index (χ2v) is 9.59. The average molecular weight is 530 g/mol. The van der Waals surface area contributed by atoms with Crippen molar-refractivity contribution >= 4 is 58.4 Å². The van der Waals surface area contributed by atoms with Gasteiger partial charge in [-0.05, 0) is 42.3 Å². The molecule has 0 N–H and O–H groups in total. The van der Waals surface area contributed by atoms with Crippen LogP contribution in [0.4, 0.5) is 11.4 Å². The molecule has 0 spiro atoms. The van der Waals surface area contributed by atoms with E-state index in [2.05, 4.69) is 67.1 Å². The molecule has 0 atom stereocenters. The molecule has 0 radical (unpaired) electrons. The van der Waals surface area contributed by atoms with E-state index in [-0.39, 0.29) is 12.4 Å². The number of imidazole rings is 1. The van der Waals surface area contributed by atoms with Gasteiger partial charge in [-0.15, -0.1) is 12.4 Å². The minimum Gasteiger partial charge on any atom is -0.372 e. The number of hydrogen-bond donors (Lipinski definition) is 0. The Morgan fingerprint density at radius 3 is 2.43 bits per heavy atom. The lowest BCUT2D eigenvalue weighted by atomic mass is 10.2. The zero-order valence-electron chi connectivity index (χ0n) is 20.0. The monoisotopic (exact) mass is 528 g/mol. The largest absolute Gasteiger partial charge is 0.372 e. The molecule has 0 amide bonds. The van der Waals surface area contributed by atoms with E-state index in [1.807, 2.05) is 36.7 Å². The minimum atomic E-state index is 0. The van der Waals surface area contributed by atoms with Crippen molar-refractivity contribution in [3.63, 3.8) is 0 Å². The van der Waals surface area contributed by atoms with Crippen molar-refractivity contribution in [3.05, 3.63) is 71.9 Å². The van der Waals surface area contributed by atoms with Gasteiger partial charge in [-0.2, -0.15) is 0 Å². The van der Waals surface area contributed by atoms with Crippen molar-refractivity contribution < 1.29 is 0 Å². The smallest absolute Gasteiger partial charge is 0.171 e. The number of halogens is 2. The quantitative estimate of drug-likeness (QED) is 0.312. The third kappa shape index (κ3) is 5.38. The van der Waals surface area contributed by atoms with Crippen LogP contribution in [0.5, 0.6) is 0 Å². The Labute approximate surface area is 222 Å². The maximum absolute atomic E-state index is 6.92. The minimum absolute atomic E-state index is 0. The third-order valence-electron chi connectivity index (χ3n) is 6.44. The van der Waals surface area contributed by atoms with Crippen LogP contribution in [0.15, 0.2) is 66.9 Å². The Morgan fingerprint density at radius 1 is 0.971 bits per heavy atom. The van der Waals surface area contributed by atoms with Gasteiger partial charge in [-0.25, -0.2) is 4.98 Å². The fraction of sp³-hybridized carbons (Fsp3) is 0.308. The summed E-state index contributed by atoms with van der Waals surface area (Å²) < 4.78 is 2.10. The molecule has 2 aromatic heterocycles. The number of anilines is 2. The molecule has 1 saturated heterocycles. The number of fused-ring (bicyclic) bond motifs is 1. The molecular formula is C26H30Cl2N6S. The molecule has 184 valence electrons. The van der Waals surface area contributed by atoms with Crippen LogP contribution in [0.1, 0.15) is 0 Å². The molecule has 5 rings (SSSR count). The number of piperazine rings is 1. The summed E-state index contributed by atoms with van der Waals surface area (Å²) in [6, 6.07) is 20.8. The molecule has 35 heavy (non-hydrogen) atoms. The number of likely N-dealkylation sites (N-methyl/N-ethyl adjacent to an activating group) is 1. The lowest BCUT2D eigenvalue weighted by molar-refractivity contribution is 0.264. The number of pyridine rings is 1. The molecule has 3 heterocycles. The van der Waals surface area contributed by atoms with Crippen molar-refractivity contribution in [2.45, 2.75) is 0 Å². The summed E-state index contributed by atoms with van der Waals surface area (Å²) in [5.41, 5.74) is 5.02. The van der Waals surface area contributed by atoms with Crippen LogP contribution in [0.3, 0.4) is 0 Å². The third-order valence-corrected chi connectivity index (χ3v) is 7.55. The molecule has 4 aromatic rings. The standard InChI is InChI=1S/C26H29ClN6S.ClH/c1-30(14-15-31-16-18-32(19-17-31)20-8-4-3-5-9-20)23-12-13-28-25(24(23)27)26-29-21-10-6-7-11-22(21)33(26)34-2;/h3-13H,14-19H2,1-2H3;1H. The highest BCUT2D eigenvalue weighted by Crippen LogP contribution is 2.36. The molecule has 2 aromatic carbocycles. The first kappa shape index (κ1) is 25.6. The first-order valence-corrected chi connectivity index (χ1v) is 13.1. The van der Waals surface area contributed by atoms with Gasteiger partial charge in [0.2, 0.25) is 0 Å². The summed E-state index contributed by atoms with van der Waals surface area (Å²) in [7, 11) is 2.10. The van der Waals surface area contributed by atoms with E-state index in [4.69, 9.17) is 16.6 Å². The Hall–Kier alpha value is -2.45. The van der Waals surface area contributed by atoms with Crippen LogP contribution >= 0.6 is 36.0 Å². The fourth-order valence-corrected chi connectivity index (χ4v) is 5.49. The SMILES string of the molecule is CSn1c(-c2nccc(N(C)CCN3CCN(c4ccccc4)CC3)c2Cl)nc2ccccc21.Cl. The van der Waals surface area contributed by atoms with Gasteiger partial charge in [-0.3, -0.25) is 13.9 Å². The molecule has 0 bridgehead atoms. The van der Waals surface area contributed by atoms with Crippen molar-refractivity contribution in [1.82, 2.24) is 18.8 Å². The Morgan fingerprint density at radius 2 is 1.69 bits per heavy atom. The van der Waals surface area contributed by atoms with Gasteiger partial charge < -0.3 is 9.80 Å². The highest BCUT2D eigenvalue weighted by molar-refractivity contribution is 7.97. The van der Waals surface area contributed by atoms with Gasteiger partial charge in [0.05, 0.1) is 21.7 Å². The lowest BCUT2D eigenvalue weighted by Crippen LogP contribution is -2.48. The van der Waals surface area contributed by atoms with E-state index in [0.29, 0.717) is 10.7 Å². The van der Waals surface area contributed by atoms with Gasteiger partial charge >= 0.3 is 0 Å². The van der Waals surface area contributed by atoms with Crippen LogP contribution in [0.2, 0.25) is 5.02 Å². The van der Waals surface area contributed by atoms with Crippen LogP contribution in [-0.2, 0) is 0 Å². The first-order chi connectivity index (χ1) is 16.7. The van der Waals surface area contributed by atoms with Crippen molar-refractivity contribution in [1.29, 1.82) is 0 Å². The molecule has 1 fully saturated rings. The van der Waals surface area contributed by atoms with Gasteiger partial charge in [-0.1, -0.05) is 41.9 Å². The van der Waals surface area contributed by atoms with E-state index in [1.54, 1.807) is 11.9 Å². The zero-order valence-corrected chi connectivity index (χ0v) is 22.4. The Bertz CT molecular complexity index is 1260. The van der Waals surface area contributed by atoms with Gasteiger partial charge in [0.15, 0.2) is 5.82 Å². The predicted octanol–water partition coefficient (Wildman–Crippen LogP) is 5.56. The number of benzene rings is 2. The molecule has 1 aliphatic heterocycles. The average Bonchev–Trinajstić information content (AvgIpc) is 3.26. The number of para-hydroxylation sites is 3. The van der Waals surface area contributed by atoms with Gasteiger partial charge in [0.25, 0.3) is 0 Å². The van der Waals surface area contributed by atoms with E-state index >= 15 is 0 Å². The van der Waals surface area contributed by atoms with E-state index in [0.717, 1.165) is 61.8 Å². The van der Waals surface area contributed by atoms with E-state index in [9.17, 15) is 0 Å². The second kappa shape index (κ2) is 11.5. The molecule has 9 heteroatoms. The van der Waals surface area contributed by atoms with Crippen LogP contribution in [0, 0.1) is 0 Å². The molecule has 0 saturated carbocycles. The van der Waals surface area contributed by atoms with Crippen LogP contribution in [0.25, 0.3) is 22.6 Å². The first-order valence-electron chi connectivity index (χ1n) is 11.6. The van der Waals surface area contributed by atoms with Crippen molar-refractivity contribution in [3.8, 4) is 11.5 Å². The van der Waals surface area contributed by atoms with Gasteiger partial charge in [0, 0.05) is 64.5 Å². The normalized spacial score (nSPS) is 14.2. The molecule has 0 unspecified atom stereocenters. The topological polar surface area (TPSA) is 40.4 Å². The Balaban J connectivity index is 0.00000289. The Kier molecular flexibility index (Phi) is 8.44. The number of hydrogen-bond acceptors (Lipinski definition) is 6. The molecular weight excluding hydrogens is 499 g/mol. The fourth-order valence-electron chi connectivity index (χ4n) is 4.50. The second-order valence-electron chi connectivity index (χ2n) is 8.48.